The molecule has 0 aliphatic carbocycles. The molecule has 0 spiro atoms. The van der Waals surface area contributed by atoms with E-state index in [2.05, 4.69) is 13.8 Å². The maximum Gasteiger partial charge on any atom is 0.411 e. The van der Waals surface area contributed by atoms with E-state index in [1.807, 2.05) is 0 Å². The van der Waals surface area contributed by atoms with E-state index in [1.54, 1.807) is 12.0 Å². The van der Waals surface area contributed by atoms with Gasteiger partial charge in [0, 0.05) is 13.7 Å². The summed E-state index contributed by atoms with van der Waals surface area (Å²) in [5.74, 6) is 0. The van der Waals surface area contributed by atoms with Gasteiger partial charge >= 0.3 is 6.09 Å². The molecule has 0 fully saturated rings. The van der Waals surface area contributed by atoms with Crippen LogP contribution in [0.2, 0.25) is 0 Å². The number of rotatable bonds is 7. The zero-order valence-electron chi connectivity index (χ0n) is 10.3. The van der Waals surface area contributed by atoms with Gasteiger partial charge in [-0.25, -0.2) is 4.79 Å². The van der Waals surface area contributed by atoms with E-state index in [1.165, 1.54) is 7.11 Å². The van der Waals surface area contributed by atoms with Gasteiger partial charge in [-0.05, 0) is 12.8 Å². The molecule has 0 aromatic rings. The average molecular weight is 217 g/mol. The SMILES string of the molecule is CCCCN(C(=O)OC)C(CCC)OC. The lowest BCUT2D eigenvalue weighted by Crippen LogP contribution is -2.42. The lowest BCUT2D eigenvalue weighted by atomic mass is 10.2. The van der Waals surface area contributed by atoms with Crippen LogP contribution in [0.5, 0.6) is 0 Å². The fraction of sp³-hybridized carbons (Fsp3) is 0.909. The zero-order chi connectivity index (χ0) is 11.7. The molecule has 0 radical (unpaired) electrons. The largest absolute Gasteiger partial charge is 0.453 e. The minimum atomic E-state index is -0.302. The van der Waals surface area contributed by atoms with Gasteiger partial charge in [0.25, 0.3) is 0 Å². The van der Waals surface area contributed by atoms with Crippen LogP contribution in [0.4, 0.5) is 4.79 Å². The van der Waals surface area contributed by atoms with E-state index >= 15 is 0 Å². The van der Waals surface area contributed by atoms with Crippen molar-refractivity contribution in [3.8, 4) is 0 Å². The van der Waals surface area contributed by atoms with Crippen LogP contribution < -0.4 is 0 Å². The summed E-state index contributed by atoms with van der Waals surface area (Å²) in [5, 5.41) is 0. The lowest BCUT2D eigenvalue weighted by molar-refractivity contribution is -0.0307. The second-order valence-electron chi connectivity index (χ2n) is 3.50. The highest BCUT2D eigenvalue weighted by Gasteiger charge is 2.22. The van der Waals surface area contributed by atoms with Gasteiger partial charge in [-0.1, -0.05) is 26.7 Å². The number of nitrogens with zero attached hydrogens (tertiary/aromatic N) is 1. The molecular formula is C11H23NO3. The van der Waals surface area contributed by atoms with Gasteiger partial charge in [-0.15, -0.1) is 0 Å². The molecule has 0 aliphatic heterocycles. The summed E-state index contributed by atoms with van der Waals surface area (Å²) < 4.78 is 10.0. The molecule has 0 aliphatic rings. The predicted octanol–water partition coefficient (Wildman–Crippen LogP) is 2.63. The van der Waals surface area contributed by atoms with Crippen molar-refractivity contribution in [2.75, 3.05) is 20.8 Å². The van der Waals surface area contributed by atoms with Crippen molar-refractivity contribution in [2.24, 2.45) is 0 Å². The Kier molecular flexibility index (Phi) is 8.09. The topological polar surface area (TPSA) is 38.8 Å². The maximum absolute atomic E-state index is 11.5. The minimum Gasteiger partial charge on any atom is -0.453 e. The molecule has 0 saturated carbocycles. The van der Waals surface area contributed by atoms with Crippen LogP contribution in [-0.2, 0) is 9.47 Å². The van der Waals surface area contributed by atoms with Crippen molar-refractivity contribution in [3.63, 3.8) is 0 Å². The van der Waals surface area contributed by atoms with Crippen LogP contribution in [0.25, 0.3) is 0 Å². The van der Waals surface area contributed by atoms with Gasteiger partial charge in [0.05, 0.1) is 7.11 Å². The molecule has 0 saturated heterocycles. The third-order valence-corrected chi connectivity index (χ3v) is 2.32. The Balaban J connectivity index is 4.35. The first-order valence-electron chi connectivity index (χ1n) is 5.58. The quantitative estimate of drug-likeness (QED) is 0.615. The van der Waals surface area contributed by atoms with Crippen molar-refractivity contribution < 1.29 is 14.3 Å². The van der Waals surface area contributed by atoms with Gasteiger partial charge < -0.3 is 9.47 Å². The van der Waals surface area contributed by atoms with E-state index in [0.717, 1.165) is 25.7 Å². The Morgan fingerprint density at radius 2 is 1.93 bits per heavy atom. The Bertz CT molecular complexity index is 173. The number of methoxy groups -OCH3 is 2. The standard InChI is InChI=1S/C11H23NO3/c1-5-7-9-12(11(13)15-4)10(14-3)8-6-2/h10H,5-9H2,1-4H3. The average Bonchev–Trinajstić information content (AvgIpc) is 2.27. The highest BCUT2D eigenvalue weighted by atomic mass is 16.6. The number of carbonyl (C=O) groups excluding carboxylic acids is 1. The van der Waals surface area contributed by atoms with Gasteiger partial charge in [-0.3, -0.25) is 4.90 Å². The summed E-state index contributed by atoms with van der Waals surface area (Å²) in [5.41, 5.74) is 0. The van der Waals surface area contributed by atoms with Crippen molar-refractivity contribution in [1.29, 1.82) is 0 Å². The van der Waals surface area contributed by atoms with E-state index in [-0.39, 0.29) is 12.3 Å². The van der Waals surface area contributed by atoms with Crippen LogP contribution in [0, 0.1) is 0 Å². The fourth-order valence-corrected chi connectivity index (χ4v) is 1.45. The number of ether oxygens (including phenoxy) is 2. The normalized spacial score (nSPS) is 12.3. The van der Waals surface area contributed by atoms with Gasteiger partial charge in [0.1, 0.15) is 6.23 Å². The van der Waals surface area contributed by atoms with E-state index in [4.69, 9.17) is 9.47 Å². The number of amides is 1. The van der Waals surface area contributed by atoms with Crippen LogP contribution in [0.15, 0.2) is 0 Å². The second kappa shape index (κ2) is 8.53. The van der Waals surface area contributed by atoms with E-state index in [9.17, 15) is 4.79 Å². The monoisotopic (exact) mass is 217 g/mol. The Morgan fingerprint density at radius 1 is 1.27 bits per heavy atom. The maximum atomic E-state index is 11.5. The Labute approximate surface area is 92.5 Å². The molecule has 4 nitrogen and oxygen atoms in total. The predicted molar refractivity (Wildman–Crippen MR) is 59.7 cm³/mol. The number of unbranched alkanes of at least 4 members (excludes halogenated alkanes) is 1. The van der Waals surface area contributed by atoms with Crippen molar-refractivity contribution >= 4 is 6.09 Å². The van der Waals surface area contributed by atoms with E-state index < -0.39 is 0 Å². The van der Waals surface area contributed by atoms with Crippen molar-refractivity contribution in [1.82, 2.24) is 4.90 Å². The lowest BCUT2D eigenvalue weighted by Gasteiger charge is -2.29. The molecule has 90 valence electrons. The molecule has 4 heteroatoms. The fourth-order valence-electron chi connectivity index (χ4n) is 1.45. The summed E-state index contributed by atoms with van der Waals surface area (Å²) in [6.07, 6.45) is 3.39. The molecule has 1 unspecified atom stereocenters. The van der Waals surface area contributed by atoms with Gasteiger partial charge in [-0.2, -0.15) is 0 Å². The third-order valence-electron chi connectivity index (χ3n) is 2.32. The Hall–Kier alpha value is -0.770. The van der Waals surface area contributed by atoms with Gasteiger partial charge in [0.15, 0.2) is 0 Å². The van der Waals surface area contributed by atoms with Gasteiger partial charge in [0.2, 0.25) is 0 Å². The van der Waals surface area contributed by atoms with Crippen LogP contribution in [0.1, 0.15) is 39.5 Å². The molecule has 0 aromatic carbocycles. The van der Waals surface area contributed by atoms with Crippen molar-refractivity contribution in [3.05, 3.63) is 0 Å². The van der Waals surface area contributed by atoms with E-state index in [0.29, 0.717) is 6.54 Å². The first-order chi connectivity index (χ1) is 7.21. The minimum absolute atomic E-state index is 0.158. The third kappa shape index (κ3) is 5.02. The van der Waals surface area contributed by atoms with Crippen LogP contribution >= 0.6 is 0 Å². The number of hydrogen-bond acceptors (Lipinski definition) is 3. The summed E-state index contributed by atoms with van der Waals surface area (Å²) in [6.45, 7) is 4.86. The second-order valence-corrected chi connectivity index (χ2v) is 3.50. The zero-order valence-corrected chi connectivity index (χ0v) is 10.3. The number of carbonyl (C=O) groups is 1. The first kappa shape index (κ1) is 14.2. The molecule has 0 aromatic heterocycles. The van der Waals surface area contributed by atoms with Crippen molar-refractivity contribution in [2.45, 2.75) is 45.8 Å². The molecule has 0 N–H and O–H groups in total. The summed E-state index contributed by atoms with van der Waals surface area (Å²) in [4.78, 5) is 13.2. The first-order valence-corrected chi connectivity index (χ1v) is 5.58. The van der Waals surface area contributed by atoms with Crippen LogP contribution in [0.3, 0.4) is 0 Å². The Morgan fingerprint density at radius 3 is 2.33 bits per heavy atom. The summed E-state index contributed by atoms with van der Waals surface area (Å²) in [6, 6.07) is 0. The molecule has 0 heterocycles. The molecule has 0 bridgehead atoms. The smallest absolute Gasteiger partial charge is 0.411 e. The molecular weight excluding hydrogens is 194 g/mol. The number of hydrogen-bond donors (Lipinski definition) is 0. The molecule has 15 heavy (non-hydrogen) atoms. The summed E-state index contributed by atoms with van der Waals surface area (Å²) in [7, 11) is 3.03. The molecule has 1 amide bonds. The van der Waals surface area contributed by atoms with Crippen LogP contribution in [-0.4, -0.2) is 38.0 Å². The molecule has 1 atom stereocenters. The summed E-state index contributed by atoms with van der Waals surface area (Å²) >= 11 is 0. The molecule has 0 rings (SSSR count). The highest BCUT2D eigenvalue weighted by Crippen LogP contribution is 2.10. The highest BCUT2D eigenvalue weighted by molar-refractivity contribution is 5.67.